The first kappa shape index (κ1) is 10.7. The second-order valence-electron chi connectivity index (χ2n) is 3.95. The summed E-state index contributed by atoms with van der Waals surface area (Å²) < 4.78 is 1.13. The molecule has 0 aromatic carbocycles. The summed E-state index contributed by atoms with van der Waals surface area (Å²) in [4.78, 5) is 4.45. The van der Waals surface area contributed by atoms with Crippen LogP contribution in [0.5, 0.6) is 0 Å². The molecule has 0 saturated heterocycles. The average Bonchev–Trinajstić information content (AvgIpc) is 2.03. The fourth-order valence-electron chi connectivity index (χ4n) is 1.20. The largest absolute Gasteiger partial charge is 0.260 e. The number of halogens is 1. The normalized spacial score (nSPS) is 11.3. The highest BCUT2D eigenvalue weighted by Gasteiger charge is 2.08. The minimum absolute atomic E-state index is 0.482. The molecule has 1 heterocycles. The van der Waals surface area contributed by atoms with Gasteiger partial charge in [-0.2, -0.15) is 0 Å². The molecular formula is C11H16BrN. The van der Waals surface area contributed by atoms with Crippen LogP contribution in [-0.2, 0) is 0 Å². The zero-order valence-electron chi connectivity index (χ0n) is 8.63. The summed E-state index contributed by atoms with van der Waals surface area (Å²) in [6.07, 6.45) is 1.98. The van der Waals surface area contributed by atoms with Crippen LogP contribution in [-0.4, -0.2) is 4.98 Å². The van der Waals surface area contributed by atoms with Gasteiger partial charge in [0.1, 0.15) is 0 Å². The maximum Gasteiger partial charge on any atom is 0.0570 e. The average molecular weight is 242 g/mol. The molecule has 1 aromatic rings. The highest BCUT2D eigenvalue weighted by Crippen LogP contribution is 2.25. The summed E-state index contributed by atoms with van der Waals surface area (Å²) >= 11 is 3.55. The second kappa shape index (κ2) is 4.23. The minimum atomic E-state index is 0.482. The molecule has 1 aromatic heterocycles. The smallest absolute Gasteiger partial charge is 0.0570 e. The van der Waals surface area contributed by atoms with Gasteiger partial charge in [0.2, 0.25) is 0 Å². The Morgan fingerprint density at radius 2 is 1.77 bits per heavy atom. The summed E-state index contributed by atoms with van der Waals surface area (Å²) in [7, 11) is 0. The molecule has 0 aliphatic carbocycles. The Bertz CT molecular complexity index is 292. The van der Waals surface area contributed by atoms with Crippen molar-refractivity contribution >= 4 is 15.9 Å². The van der Waals surface area contributed by atoms with Crippen molar-refractivity contribution in [3.8, 4) is 0 Å². The van der Waals surface area contributed by atoms with E-state index < -0.39 is 0 Å². The Kier molecular flexibility index (Phi) is 3.48. The van der Waals surface area contributed by atoms with Crippen LogP contribution in [0.4, 0.5) is 0 Å². The predicted octanol–water partition coefficient (Wildman–Crippen LogP) is 4.09. The van der Waals surface area contributed by atoms with E-state index in [1.165, 1.54) is 5.56 Å². The molecule has 2 heteroatoms. The lowest BCUT2D eigenvalue weighted by Crippen LogP contribution is -1.97. The molecule has 1 rings (SSSR count). The van der Waals surface area contributed by atoms with Crippen LogP contribution in [0, 0.1) is 0 Å². The Labute approximate surface area is 88.7 Å². The number of nitrogens with zero attached hydrogens (tertiary/aromatic N) is 1. The van der Waals surface area contributed by atoms with Crippen LogP contribution in [0.3, 0.4) is 0 Å². The van der Waals surface area contributed by atoms with Gasteiger partial charge in [-0.25, -0.2) is 0 Å². The SMILES string of the molecule is CC(C)c1cnc(C(C)C)c(Br)c1. The Morgan fingerprint density at radius 3 is 2.15 bits per heavy atom. The lowest BCUT2D eigenvalue weighted by molar-refractivity contribution is 0.796. The van der Waals surface area contributed by atoms with Gasteiger partial charge in [0.15, 0.2) is 0 Å². The highest BCUT2D eigenvalue weighted by atomic mass is 79.9. The van der Waals surface area contributed by atoms with E-state index in [2.05, 4.69) is 54.7 Å². The quantitative estimate of drug-likeness (QED) is 0.761. The van der Waals surface area contributed by atoms with E-state index in [1.807, 2.05) is 6.20 Å². The van der Waals surface area contributed by atoms with Crippen molar-refractivity contribution < 1.29 is 0 Å². The molecule has 0 saturated carbocycles. The van der Waals surface area contributed by atoms with Gasteiger partial charge in [-0.3, -0.25) is 4.98 Å². The van der Waals surface area contributed by atoms with Gasteiger partial charge < -0.3 is 0 Å². The van der Waals surface area contributed by atoms with Crippen LogP contribution in [0.1, 0.15) is 50.8 Å². The van der Waals surface area contributed by atoms with E-state index in [-0.39, 0.29) is 0 Å². The van der Waals surface area contributed by atoms with Gasteiger partial charge in [-0.1, -0.05) is 27.7 Å². The van der Waals surface area contributed by atoms with Crippen LogP contribution >= 0.6 is 15.9 Å². The lowest BCUT2D eigenvalue weighted by atomic mass is 10.0. The van der Waals surface area contributed by atoms with E-state index in [4.69, 9.17) is 0 Å². The van der Waals surface area contributed by atoms with Gasteiger partial charge >= 0.3 is 0 Å². The van der Waals surface area contributed by atoms with Crippen LogP contribution < -0.4 is 0 Å². The first-order chi connectivity index (χ1) is 6.02. The third kappa shape index (κ3) is 2.53. The number of aromatic nitrogens is 1. The first-order valence-corrected chi connectivity index (χ1v) is 5.47. The molecule has 0 N–H and O–H groups in total. The van der Waals surface area contributed by atoms with Gasteiger partial charge in [0, 0.05) is 10.7 Å². The molecule has 0 unspecified atom stereocenters. The molecule has 0 atom stereocenters. The molecule has 0 bridgehead atoms. The van der Waals surface area contributed by atoms with E-state index in [0.717, 1.165) is 10.2 Å². The Balaban J connectivity index is 3.06. The van der Waals surface area contributed by atoms with Crippen molar-refractivity contribution in [2.75, 3.05) is 0 Å². The summed E-state index contributed by atoms with van der Waals surface area (Å²) in [6.45, 7) is 8.67. The number of rotatable bonds is 2. The first-order valence-electron chi connectivity index (χ1n) is 4.67. The van der Waals surface area contributed by atoms with Gasteiger partial charge in [0.25, 0.3) is 0 Å². The van der Waals surface area contributed by atoms with E-state index in [0.29, 0.717) is 11.8 Å². The molecule has 0 aliphatic heterocycles. The standard InChI is InChI=1S/C11H16BrN/c1-7(2)9-5-10(12)11(8(3)4)13-6-9/h5-8H,1-4H3. The van der Waals surface area contributed by atoms with Crippen molar-refractivity contribution in [3.05, 3.63) is 28.0 Å². The summed E-state index contributed by atoms with van der Waals surface area (Å²) in [5.74, 6) is 1.03. The monoisotopic (exact) mass is 241 g/mol. The molecule has 0 aliphatic rings. The van der Waals surface area contributed by atoms with E-state index in [9.17, 15) is 0 Å². The summed E-state index contributed by atoms with van der Waals surface area (Å²) in [5, 5.41) is 0. The number of hydrogen-bond acceptors (Lipinski definition) is 1. The van der Waals surface area contributed by atoms with Crippen molar-refractivity contribution in [1.82, 2.24) is 4.98 Å². The van der Waals surface area contributed by atoms with Crippen molar-refractivity contribution in [3.63, 3.8) is 0 Å². The molecule has 0 amide bonds. The topological polar surface area (TPSA) is 12.9 Å². The Hall–Kier alpha value is -0.370. The predicted molar refractivity (Wildman–Crippen MR) is 60.1 cm³/mol. The maximum atomic E-state index is 4.45. The van der Waals surface area contributed by atoms with Gasteiger partial charge in [0.05, 0.1) is 5.69 Å². The highest BCUT2D eigenvalue weighted by molar-refractivity contribution is 9.10. The van der Waals surface area contributed by atoms with E-state index >= 15 is 0 Å². The van der Waals surface area contributed by atoms with Crippen LogP contribution in [0.2, 0.25) is 0 Å². The number of pyridine rings is 1. The fraction of sp³-hybridized carbons (Fsp3) is 0.545. The van der Waals surface area contributed by atoms with Crippen molar-refractivity contribution in [2.24, 2.45) is 0 Å². The third-order valence-electron chi connectivity index (χ3n) is 2.10. The van der Waals surface area contributed by atoms with Crippen LogP contribution in [0.15, 0.2) is 16.7 Å². The maximum absolute atomic E-state index is 4.45. The Morgan fingerprint density at radius 1 is 1.15 bits per heavy atom. The van der Waals surface area contributed by atoms with Crippen LogP contribution in [0.25, 0.3) is 0 Å². The zero-order valence-corrected chi connectivity index (χ0v) is 10.2. The third-order valence-corrected chi connectivity index (χ3v) is 2.74. The fourth-order valence-corrected chi connectivity index (χ4v) is 2.03. The van der Waals surface area contributed by atoms with E-state index in [1.54, 1.807) is 0 Å². The second-order valence-corrected chi connectivity index (χ2v) is 4.80. The van der Waals surface area contributed by atoms with Crippen molar-refractivity contribution in [1.29, 1.82) is 0 Å². The molecular weight excluding hydrogens is 226 g/mol. The molecule has 0 spiro atoms. The summed E-state index contributed by atoms with van der Waals surface area (Å²) in [6, 6.07) is 2.17. The lowest BCUT2D eigenvalue weighted by Gasteiger charge is -2.10. The number of hydrogen-bond donors (Lipinski definition) is 0. The molecule has 13 heavy (non-hydrogen) atoms. The van der Waals surface area contributed by atoms with Crippen molar-refractivity contribution in [2.45, 2.75) is 39.5 Å². The zero-order chi connectivity index (χ0) is 10.0. The molecule has 72 valence electrons. The summed E-state index contributed by atoms with van der Waals surface area (Å²) in [5.41, 5.74) is 2.43. The molecule has 1 nitrogen and oxygen atoms in total. The van der Waals surface area contributed by atoms with Gasteiger partial charge in [-0.05, 0) is 39.4 Å². The van der Waals surface area contributed by atoms with Gasteiger partial charge in [-0.15, -0.1) is 0 Å². The molecule has 0 radical (unpaired) electrons. The molecule has 0 fully saturated rings. The minimum Gasteiger partial charge on any atom is -0.260 e.